The maximum absolute atomic E-state index is 12.5. The van der Waals surface area contributed by atoms with Crippen LogP contribution in [0.15, 0.2) is 29.2 Å². The molecule has 0 aliphatic carbocycles. The van der Waals surface area contributed by atoms with Gasteiger partial charge in [0.1, 0.15) is 5.56 Å². The van der Waals surface area contributed by atoms with Gasteiger partial charge < -0.3 is 19.1 Å². The molecule has 1 aromatic heterocycles. The minimum absolute atomic E-state index is 0.196. The van der Waals surface area contributed by atoms with Crippen molar-refractivity contribution in [2.24, 2.45) is 0 Å². The smallest absolute Gasteiger partial charge is 0.341 e. The van der Waals surface area contributed by atoms with E-state index in [0.717, 1.165) is 30.3 Å². The van der Waals surface area contributed by atoms with E-state index in [2.05, 4.69) is 0 Å². The zero-order chi connectivity index (χ0) is 20.4. The number of carbonyl (C=O) groups is 1. The first-order chi connectivity index (χ1) is 13.6. The molecule has 28 heavy (non-hydrogen) atoms. The molecule has 7 heteroatoms. The lowest BCUT2D eigenvalue weighted by Crippen LogP contribution is -2.19. The maximum atomic E-state index is 12.5. The largest absolute Gasteiger partial charge is 0.477 e. The van der Waals surface area contributed by atoms with Crippen molar-refractivity contribution in [3.8, 4) is 6.07 Å². The lowest BCUT2D eigenvalue weighted by molar-refractivity contribution is 0.0490. The van der Waals surface area contributed by atoms with Gasteiger partial charge in [-0.3, -0.25) is 4.79 Å². The fraction of sp³-hybridized carbons (Fsp3) is 0.476. The van der Waals surface area contributed by atoms with E-state index < -0.39 is 11.4 Å². The molecule has 1 aromatic carbocycles. The number of pyridine rings is 1. The molecule has 0 saturated carbocycles. The van der Waals surface area contributed by atoms with Crippen LogP contribution in [0.3, 0.4) is 0 Å². The van der Waals surface area contributed by atoms with Gasteiger partial charge in [0.2, 0.25) is 5.43 Å². The summed E-state index contributed by atoms with van der Waals surface area (Å²) in [6, 6.07) is 7.66. The van der Waals surface area contributed by atoms with Crippen LogP contribution in [0.2, 0.25) is 0 Å². The summed E-state index contributed by atoms with van der Waals surface area (Å²) in [5.74, 6) is -1.20. The third-order valence-electron chi connectivity index (χ3n) is 4.32. The monoisotopic (exact) mass is 386 g/mol. The van der Waals surface area contributed by atoms with E-state index >= 15 is 0 Å². The fourth-order valence-corrected chi connectivity index (χ4v) is 3.00. The second kappa shape index (κ2) is 11.2. The van der Waals surface area contributed by atoms with Gasteiger partial charge in [-0.25, -0.2) is 4.79 Å². The van der Waals surface area contributed by atoms with Gasteiger partial charge >= 0.3 is 5.97 Å². The number of hydrogen-bond acceptors (Lipinski definition) is 5. The molecule has 2 aromatic rings. The van der Waals surface area contributed by atoms with Gasteiger partial charge in [-0.1, -0.05) is 13.0 Å². The predicted molar refractivity (Wildman–Crippen MR) is 106 cm³/mol. The van der Waals surface area contributed by atoms with E-state index in [4.69, 9.17) is 14.7 Å². The van der Waals surface area contributed by atoms with Gasteiger partial charge in [0.15, 0.2) is 0 Å². The summed E-state index contributed by atoms with van der Waals surface area (Å²) in [5, 5.41) is 18.2. The predicted octanol–water partition coefficient (Wildman–Crippen LogP) is 2.99. The highest BCUT2D eigenvalue weighted by atomic mass is 16.5. The molecular weight excluding hydrogens is 360 g/mol. The van der Waals surface area contributed by atoms with Crippen molar-refractivity contribution in [2.75, 3.05) is 26.4 Å². The Morgan fingerprint density at radius 1 is 1.21 bits per heavy atom. The molecule has 1 N–H and O–H groups in total. The number of aryl methyl sites for hydroxylation is 2. The molecule has 0 amide bonds. The minimum atomic E-state index is -1.20. The number of aromatic carboxylic acids is 1. The second-order valence-electron chi connectivity index (χ2n) is 6.46. The second-order valence-corrected chi connectivity index (χ2v) is 6.46. The third kappa shape index (κ3) is 5.91. The van der Waals surface area contributed by atoms with Crippen molar-refractivity contribution in [1.29, 1.82) is 5.26 Å². The molecule has 2 rings (SSSR count). The number of carboxylic acid groups (broad SMARTS) is 1. The van der Waals surface area contributed by atoms with Crippen LogP contribution in [0.5, 0.6) is 0 Å². The summed E-state index contributed by atoms with van der Waals surface area (Å²) in [6.07, 6.45) is 4.17. The van der Waals surface area contributed by atoms with Crippen molar-refractivity contribution in [3.05, 3.63) is 45.7 Å². The number of rotatable bonds is 12. The average Bonchev–Trinajstić information content (AvgIpc) is 2.68. The molecule has 0 radical (unpaired) electrons. The normalized spacial score (nSPS) is 10.9. The van der Waals surface area contributed by atoms with Crippen LogP contribution in [0.25, 0.3) is 10.9 Å². The molecule has 0 unspecified atom stereocenters. The molecule has 0 spiro atoms. The Morgan fingerprint density at radius 3 is 2.64 bits per heavy atom. The first-order valence-corrected chi connectivity index (χ1v) is 9.50. The van der Waals surface area contributed by atoms with E-state index in [1.54, 1.807) is 6.07 Å². The molecule has 0 atom stereocenters. The molecule has 0 aliphatic rings. The third-order valence-corrected chi connectivity index (χ3v) is 4.32. The standard InChI is InChI=1S/C21H26N2O5/c1-2-9-23-15-18(21(25)26)20(24)17-14-16(6-7-19(17)23)5-3-10-27-12-13-28-11-4-8-22/h6-7,14-15H,2-5,9-13H2,1H3,(H,25,26). The zero-order valence-corrected chi connectivity index (χ0v) is 16.1. The van der Waals surface area contributed by atoms with Crippen molar-refractivity contribution in [2.45, 2.75) is 39.2 Å². The Hall–Kier alpha value is -2.69. The van der Waals surface area contributed by atoms with Crippen LogP contribution in [-0.2, 0) is 22.4 Å². The highest BCUT2D eigenvalue weighted by Gasteiger charge is 2.14. The molecule has 0 saturated heterocycles. The van der Waals surface area contributed by atoms with E-state index in [9.17, 15) is 14.7 Å². The molecule has 0 aliphatic heterocycles. The van der Waals surface area contributed by atoms with Crippen molar-refractivity contribution >= 4 is 16.9 Å². The SMILES string of the molecule is CCCn1cc(C(=O)O)c(=O)c2cc(CCCOCCOCCC#N)ccc21. The Morgan fingerprint density at radius 2 is 1.96 bits per heavy atom. The van der Waals surface area contributed by atoms with Gasteiger partial charge in [0.05, 0.1) is 37.8 Å². The molecular formula is C21H26N2O5. The van der Waals surface area contributed by atoms with Crippen molar-refractivity contribution < 1.29 is 19.4 Å². The Kier molecular flexibility index (Phi) is 8.66. The van der Waals surface area contributed by atoms with Gasteiger partial charge in [-0.15, -0.1) is 0 Å². The van der Waals surface area contributed by atoms with Crippen LogP contribution in [0, 0.1) is 11.3 Å². The summed E-state index contributed by atoms with van der Waals surface area (Å²) in [5.41, 5.74) is 1.09. The highest BCUT2D eigenvalue weighted by Crippen LogP contribution is 2.16. The summed E-state index contributed by atoms with van der Waals surface area (Å²) in [4.78, 5) is 24.0. The van der Waals surface area contributed by atoms with Gasteiger partial charge in [-0.05, 0) is 37.0 Å². The fourth-order valence-electron chi connectivity index (χ4n) is 3.00. The number of hydrogen-bond donors (Lipinski definition) is 1. The number of ether oxygens (including phenoxy) is 2. The zero-order valence-electron chi connectivity index (χ0n) is 16.1. The lowest BCUT2D eigenvalue weighted by atomic mass is 10.0. The number of carboxylic acids is 1. The van der Waals surface area contributed by atoms with Crippen LogP contribution in [0.4, 0.5) is 0 Å². The van der Waals surface area contributed by atoms with Gasteiger partial charge in [-0.2, -0.15) is 5.26 Å². The summed E-state index contributed by atoms with van der Waals surface area (Å²) >= 11 is 0. The number of nitrogens with zero attached hydrogens (tertiary/aromatic N) is 2. The first kappa shape index (κ1) is 21.6. The van der Waals surface area contributed by atoms with E-state index in [1.165, 1.54) is 6.20 Å². The molecule has 7 nitrogen and oxygen atoms in total. The summed E-state index contributed by atoms with van der Waals surface area (Å²) in [7, 11) is 0. The van der Waals surface area contributed by atoms with Crippen LogP contribution in [0.1, 0.15) is 42.1 Å². The van der Waals surface area contributed by atoms with Crippen molar-refractivity contribution in [1.82, 2.24) is 4.57 Å². The minimum Gasteiger partial charge on any atom is -0.477 e. The molecule has 0 bridgehead atoms. The maximum Gasteiger partial charge on any atom is 0.341 e. The van der Waals surface area contributed by atoms with E-state index in [1.807, 2.05) is 29.7 Å². The van der Waals surface area contributed by atoms with Crippen LogP contribution < -0.4 is 5.43 Å². The van der Waals surface area contributed by atoms with Crippen LogP contribution in [-0.4, -0.2) is 42.1 Å². The first-order valence-electron chi connectivity index (χ1n) is 9.50. The van der Waals surface area contributed by atoms with Gasteiger partial charge in [0.25, 0.3) is 0 Å². The highest BCUT2D eigenvalue weighted by molar-refractivity contribution is 5.92. The Balaban J connectivity index is 1.99. The Labute approximate surface area is 164 Å². The topological polar surface area (TPSA) is 102 Å². The number of benzene rings is 1. The quantitative estimate of drug-likeness (QED) is 0.563. The van der Waals surface area contributed by atoms with E-state index in [0.29, 0.717) is 44.8 Å². The molecule has 0 fully saturated rings. The van der Waals surface area contributed by atoms with Crippen LogP contribution >= 0.6 is 0 Å². The lowest BCUT2D eigenvalue weighted by Gasteiger charge is -2.12. The van der Waals surface area contributed by atoms with Gasteiger partial charge in [0, 0.05) is 24.7 Å². The Bertz CT molecular complexity index is 898. The number of aromatic nitrogens is 1. The van der Waals surface area contributed by atoms with Crippen molar-refractivity contribution in [3.63, 3.8) is 0 Å². The molecule has 150 valence electrons. The number of fused-ring (bicyclic) bond motifs is 1. The molecule has 1 heterocycles. The summed E-state index contributed by atoms with van der Waals surface area (Å²) < 4.78 is 12.6. The summed E-state index contributed by atoms with van der Waals surface area (Å²) in [6.45, 7) is 4.59. The number of nitriles is 1. The van der Waals surface area contributed by atoms with E-state index in [-0.39, 0.29) is 5.56 Å². The average molecular weight is 386 g/mol.